The van der Waals surface area contributed by atoms with Gasteiger partial charge in [-0.1, -0.05) is 0 Å². The van der Waals surface area contributed by atoms with E-state index in [-0.39, 0.29) is 11.4 Å². The van der Waals surface area contributed by atoms with Gasteiger partial charge in [-0.25, -0.2) is 0 Å². The van der Waals surface area contributed by atoms with Crippen molar-refractivity contribution < 1.29 is 23.1 Å². The number of anilines is 1. The molecular formula is C10H10F3NO2. The molecule has 0 atom stereocenters. The van der Waals surface area contributed by atoms with E-state index in [1.165, 1.54) is 6.07 Å². The Hall–Kier alpha value is -1.72. The van der Waals surface area contributed by atoms with Gasteiger partial charge in [0.15, 0.2) is 0 Å². The van der Waals surface area contributed by atoms with E-state index in [1.807, 2.05) is 0 Å². The Balaban J connectivity index is 2.96. The molecule has 0 radical (unpaired) electrons. The van der Waals surface area contributed by atoms with Gasteiger partial charge in [0, 0.05) is 11.8 Å². The van der Waals surface area contributed by atoms with Crippen LogP contribution in [0.3, 0.4) is 0 Å². The highest BCUT2D eigenvalue weighted by Gasteiger charge is 2.38. The molecule has 3 nitrogen and oxygen atoms in total. The van der Waals surface area contributed by atoms with Crippen molar-refractivity contribution in [1.82, 2.24) is 0 Å². The van der Waals surface area contributed by atoms with E-state index in [4.69, 9.17) is 0 Å². The van der Waals surface area contributed by atoms with Gasteiger partial charge < -0.3 is 10.4 Å². The maximum absolute atomic E-state index is 11.9. The molecule has 2 N–H and O–H groups in total. The van der Waals surface area contributed by atoms with E-state index in [2.05, 4.69) is 0 Å². The van der Waals surface area contributed by atoms with E-state index in [0.717, 1.165) is 6.07 Å². The summed E-state index contributed by atoms with van der Waals surface area (Å²) in [6, 6.07) is 2.44. The summed E-state index contributed by atoms with van der Waals surface area (Å²) < 4.78 is 35.8. The minimum absolute atomic E-state index is 0.0806. The summed E-state index contributed by atoms with van der Waals surface area (Å²) in [6.45, 7) is 3.25. The minimum Gasteiger partial charge on any atom is -0.508 e. The number of alkyl halides is 3. The molecule has 0 unspecified atom stereocenters. The van der Waals surface area contributed by atoms with Crippen LogP contribution in [0, 0.1) is 13.8 Å². The molecule has 0 bridgehead atoms. The normalized spacial score (nSPS) is 11.3. The topological polar surface area (TPSA) is 49.3 Å². The molecule has 0 saturated carbocycles. The fourth-order valence-corrected chi connectivity index (χ4v) is 1.11. The number of amides is 1. The van der Waals surface area contributed by atoms with Crippen LogP contribution in [0.25, 0.3) is 0 Å². The zero-order chi connectivity index (χ0) is 12.5. The van der Waals surface area contributed by atoms with Crippen molar-refractivity contribution in [2.24, 2.45) is 0 Å². The van der Waals surface area contributed by atoms with Gasteiger partial charge in [0.25, 0.3) is 0 Å². The second-order valence-electron chi connectivity index (χ2n) is 3.39. The smallest absolute Gasteiger partial charge is 0.471 e. The van der Waals surface area contributed by atoms with Crippen LogP contribution >= 0.6 is 0 Å². The van der Waals surface area contributed by atoms with Gasteiger partial charge in [0.05, 0.1) is 0 Å². The molecule has 0 aromatic heterocycles. The van der Waals surface area contributed by atoms with Gasteiger partial charge in [-0.15, -0.1) is 0 Å². The van der Waals surface area contributed by atoms with E-state index in [9.17, 15) is 23.1 Å². The highest BCUT2D eigenvalue weighted by molar-refractivity contribution is 5.95. The summed E-state index contributed by atoms with van der Waals surface area (Å²) in [5.74, 6) is -2.22. The summed E-state index contributed by atoms with van der Waals surface area (Å²) in [6.07, 6.45) is -4.94. The molecule has 88 valence electrons. The van der Waals surface area contributed by atoms with Crippen LogP contribution in [-0.2, 0) is 4.79 Å². The Morgan fingerprint density at radius 2 is 1.88 bits per heavy atom. The summed E-state index contributed by atoms with van der Waals surface area (Å²) in [7, 11) is 0. The fraction of sp³-hybridized carbons (Fsp3) is 0.300. The van der Waals surface area contributed by atoms with Crippen molar-refractivity contribution in [3.05, 3.63) is 23.3 Å². The third-order valence-electron chi connectivity index (χ3n) is 2.16. The summed E-state index contributed by atoms with van der Waals surface area (Å²) in [4.78, 5) is 10.6. The molecule has 0 aliphatic rings. The zero-order valence-corrected chi connectivity index (χ0v) is 8.64. The third-order valence-corrected chi connectivity index (χ3v) is 2.16. The lowest BCUT2D eigenvalue weighted by molar-refractivity contribution is -0.167. The molecule has 0 saturated heterocycles. The average molecular weight is 233 g/mol. The lowest BCUT2D eigenvalue weighted by atomic mass is 10.1. The highest BCUT2D eigenvalue weighted by atomic mass is 19.4. The summed E-state index contributed by atoms with van der Waals surface area (Å²) in [5.41, 5.74) is 1.07. The first-order chi connectivity index (χ1) is 7.21. The summed E-state index contributed by atoms with van der Waals surface area (Å²) >= 11 is 0. The van der Waals surface area contributed by atoms with Crippen molar-refractivity contribution in [1.29, 1.82) is 0 Å². The number of aromatic hydroxyl groups is 1. The van der Waals surface area contributed by atoms with Gasteiger partial charge >= 0.3 is 12.1 Å². The number of carbonyl (C=O) groups is 1. The Morgan fingerprint density at radius 1 is 1.31 bits per heavy atom. The van der Waals surface area contributed by atoms with Gasteiger partial charge in [0.1, 0.15) is 5.75 Å². The average Bonchev–Trinajstić information content (AvgIpc) is 2.12. The van der Waals surface area contributed by atoms with Crippen LogP contribution in [0.5, 0.6) is 5.75 Å². The molecule has 0 aliphatic carbocycles. The molecule has 0 heterocycles. The number of benzene rings is 1. The molecular weight excluding hydrogens is 223 g/mol. The standard InChI is InChI=1S/C10H10F3NO2/c1-5-3-7(4-8(15)6(5)2)14-9(16)10(11,12)13/h3-4,15H,1-2H3,(H,14,16). The van der Waals surface area contributed by atoms with Crippen LogP contribution in [0.15, 0.2) is 12.1 Å². The number of hydrogen-bond donors (Lipinski definition) is 2. The van der Waals surface area contributed by atoms with Crippen LogP contribution in [0.2, 0.25) is 0 Å². The van der Waals surface area contributed by atoms with Gasteiger partial charge in [0.2, 0.25) is 0 Å². The van der Waals surface area contributed by atoms with E-state index >= 15 is 0 Å². The predicted molar refractivity (Wildman–Crippen MR) is 52.3 cm³/mol. The van der Waals surface area contributed by atoms with Crippen LogP contribution in [0.4, 0.5) is 18.9 Å². The zero-order valence-electron chi connectivity index (χ0n) is 8.64. The number of halogens is 3. The van der Waals surface area contributed by atoms with Crippen LogP contribution < -0.4 is 5.32 Å². The molecule has 1 rings (SSSR count). The maximum Gasteiger partial charge on any atom is 0.471 e. The minimum atomic E-state index is -4.94. The lowest BCUT2D eigenvalue weighted by Crippen LogP contribution is -2.29. The molecule has 0 fully saturated rings. The number of phenols is 1. The van der Waals surface area contributed by atoms with Crippen LogP contribution in [-0.4, -0.2) is 17.2 Å². The molecule has 1 aromatic carbocycles. The molecule has 6 heteroatoms. The van der Waals surface area contributed by atoms with Crippen molar-refractivity contribution in [2.75, 3.05) is 5.32 Å². The first-order valence-corrected chi connectivity index (χ1v) is 4.40. The lowest BCUT2D eigenvalue weighted by Gasteiger charge is -2.10. The third kappa shape index (κ3) is 2.65. The molecule has 1 amide bonds. The van der Waals surface area contributed by atoms with Crippen molar-refractivity contribution in [3.8, 4) is 5.75 Å². The quantitative estimate of drug-likeness (QED) is 0.783. The molecule has 0 aliphatic heterocycles. The number of rotatable bonds is 1. The second kappa shape index (κ2) is 4.03. The first kappa shape index (κ1) is 12.4. The Bertz CT molecular complexity index is 404. The SMILES string of the molecule is Cc1cc(NC(=O)C(F)(F)F)cc(O)c1C. The fourth-order valence-electron chi connectivity index (χ4n) is 1.11. The Labute approximate surface area is 89.9 Å². The number of aryl methyl sites for hydroxylation is 1. The second-order valence-corrected chi connectivity index (χ2v) is 3.39. The number of carbonyl (C=O) groups excluding carboxylic acids is 1. The van der Waals surface area contributed by atoms with Gasteiger partial charge in [-0.05, 0) is 31.0 Å². The molecule has 16 heavy (non-hydrogen) atoms. The number of phenolic OH excluding ortho intramolecular Hbond substituents is 1. The van der Waals surface area contributed by atoms with Crippen molar-refractivity contribution in [2.45, 2.75) is 20.0 Å². The predicted octanol–water partition coefficient (Wildman–Crippen LogP) is 2.51. The van der Waals surface area contributed by atoms with E-state index in [1.54, 1.807) is 19.2 Å². The number of hydrogen-bond acceptors (Lipinski definition) is 2. The monoisotopic (exact) mass is 233 g/mol. The number of nitrogens with one attached hydrogen (secondary N) is 1. The van der Waals surface area contributed by atoms with Gasteiger partial charge in [-0.2, -0.15) is 13.2 Å². The maximum atomic E-state index is 11.9. The Morgan fingerprint density at radius 3 is 2.31 bits per heavy atom. The highest BCUT2D eigenvalue weighted by Crippen LogP contribution is 2.26. The first-order valence-electron chi connectivity index (χ1n) is 4.40. The largest absolute Gasteiger partial charge is 0.508 e. The summed E-state index contributed by atoms with van der Waals surface area (Å²) in [5, 5.41) is 11.0. The van der Waals surface area contributed by atoms with Crippen molar-refractivity contribution >= 4 is 11.6 Å². The van der Waals surface area contributed by atoms with Crippen LogP contribution in [0.1, 0.15) is 11.1 Å². The van der Waals surface area contributed by atoms with Gasteiger partial charge in [-0.3, -0.25) is 4.79 Å². The van der Waals surface area contributed by atoms with E-state index in [0.29, 0.717) is 11.1 Å². The molecule has 0 spiro atoms. The Kier molecular flexibility index (Phi) is 3.11. The molecule has 1 aromatic rings. The van der Waals surface area contributed by atoms with Crippen molar-refractivity contribution in [3.63, 3.8) is 0 Å². The van der Waals surface area contributed by atoms with E-state index < -0.39 is 12.1 Å².